The molecule has 1 aromatic heterocycles. The molecule has 0 radical (unpaired) electrons. The first kappa shape index (κ1) is 12.7. The minimum Gasteiger partial charge on any atom is -0.339 e. The fourth-order valence-electron chi connectivity index (χ4n) is 1.50. The molecule has 0 saturated carbocycles. The topological polar surface area (TPSA) is 75.9 Å². The lowest BCUT2D eigenvalue weighted by molar-refractivity contribution is 0.627. The van der Waals surface area contributed by atoms with Crippen LogP contribution in [-0.2, 0) is 0 Å². The van der Waals surface area contributed by atoms with Gasteiger partial charge in [-0.05, 0) is 46.6 Å². The fraction of sp³-hybridized carbons (Fsp3) is 0.0909. The summed E-state index contributed by atoms with van der Waals surface area (Å²) in [4.78, 5) is 7.98. The lowest BCUT2D eigenvalue weighted by Gasteiger charge is -2.10. The van der Waals surface area contributed by atoms with Gasteiger partial charge < -0.3 is 10.7 Å². The number of aromatic nitrogens is 2. The van der Waals surface area contributed by atoms with Crippen molar-refractivity contribution < 1.29 is 4.39 Å². The molecule has 0 saturated heterocycles. The van der Waals surface area contributed by atoms with E-state index in [-0.39, 0.29) is 5.82 Å². The Balaban J connectivity index is 2.34. The summed E-state index contributed by atoms with van der Waals surface area (Å²) in [5, 5.41) is 3.00. The van der Waals surface area contributed by atoms with Gasteiger partial charge in [0.25, 0.3) is 0 Å². The van der Waals surface area contributed by atoms with Crippen molar-refractivity contribution in [2.24, 2.45) is 5.84 Å². The molecule has 0 aliphatic heterocycles. The molecule has 94 valence electrons. The molecule has 0 amide bonds. The molecular weight excluding hydrogens is 301 g/mol. The SMILES string of the molecule is Cc1cc(F)cc(Nc2ncnc(NN)c2Br)c1. The second-order valence-electron chi connectivity index (χ2n) is 3.67. The number of halogens is 2. The Bertz CT molecular complexity index is 555. The van der Waals surface area contributed by atoms with Crippen molar-refractivity contribution in [1.82, 2.24) is 9.97 Å². The largest absolute Gasteiger partial charge is 0.339 e. The molecule has 0 atom stereocenters. The number of nitrogens with zero attached hydrogens (tertiary/aromatic N) is 2. The maximum absolute atomic E-state index is 13.3. The standard InChI is InChI=1S/C11H11BrFN5/c1-6-2-7(13)4-8(3-6)17-10-9(12)11(18-14)16-5-15-10/h2-5H,14H2,1H3,(H2,15,16,17,18). The summed E-state index contributed by atoms with van der Waals surface area (Å²) in [7, 11) is 0. The average molecular weight is 312 g/mol. The van der Waals surface area contributed by atoms with Crippen LogP contribution in [0.5, 0.6) is 0 Å². The molecule has 18 heavy (non-hydrogen) atoms. The Labute approximate surface area is 112 Å². The number of hydrogen-bond acceptors (Lipinski definition) is 5. The number of hydrogen-bond donors (Lipinski definition) is 3. The van der Waals surface area contributed by atoms with Gasteiger partial charge in [-0.2, -0.15) is 0 Å². The van der Waals surface area contributed by atoms with E-state index in [0.717, 1.165) is 5.56 Å². The lowest BCUT2D eigenvalue weighted by atomic mass is 10.2. The predicted octanol–water partition coefficient (Wildman–Crippen LogP) is 2.72. The Morgan fingerprint density at radius 3 is 2.61 bits per heavy atom. The van der Waals surface area contributed by atoms with Gasteiger partial charge in [-0.1, -0.05) is 0 Å². The molecule has 1 aromatic carbocycles. The van der Waals surface area contributed by atoms with Crippen LogP contribution in [0.3, 0.4) is 0 Å². The second kappa shape index (κ2) is 5.28. The summed E-state index contributed by atoms with van der Waals surface area (Å²) in [6, 6.07) is 4.65. The third kappa shape index (κ3) is 2.74. The highest BCUT2D eigenvalue weighted by Crippen LogP contribution is 2.28. The summed E-state index contributed by atoms with van der Waals surface area (Å²) >= 11 is 3.31. The van der Waals surface area contributed by atoms with Crippen molar-refractivity contribution in [2.45, 2.75) is 6.92 Å². The summed E-state index contributed by atoms with van der Waals surface area (Å²) in [5.74, 6) is 5.95. The molecule has 0 aliphatic rings. The summed E-state index contributed by atoms with van der Waals surface area (Å²) < 4.78 is 13.8. The van der Waals surface area contributed by atoms with Gasteiger partial charge in [-0.3, -0.25) is 0 Å². The van der Waals surface area contributed by atoms with Crippen molar-refractivity contribution in [3.05, 3.63) is 40.4 Å². The van der Waals surface area contributed by atoms with E-state index in [9.17, 15) is 4.39 Å². The zero-order chi connectivity index (χ0) is 13.1. The van der Waals surface area contributed by atoms with Crippen molar-refractivity contribution in [3.63, 3.8) is 0 Å². The van der Waals surface area contributed by atoms with Crippen LogP contribution < -0.4 is 16.6 Å². The van der Waals surface area contributed by atoms with Crippen LogP contribution in [0.4, 0.5) is 21.7 Å². The van der Waals surface area contributed by atoms with Gasteiger partial charge in [0.1, 0.15) is 22.4 Å². The van der Waals surface area contributed by atoms with E-state index in [1.165, 1.54) is 18.5 Å². The minimum atomic E-state index is -0.306. The molecular formula is C11H11BrFN5. The van der Waals surface area contributed by atoms with Crippen LogP contribution >= 0.6 is 15.9 Å². The monoisotopic (exact) mass is 311 g/mol. The first-order chi connectivity index (χ1) is 8.60. The highest BCUT2D eigenvalue weighted by atomic mass is 79.9. The highest BCUT2D eigenvalue weighted by molar-refractivity contribution is 9.10. The van der Waals surface area contributed by atoms with Crippen LogP contribution in [0.2, 0.25) is 0 Å². The molecule has 0 bridgehead atoms. The minimum absolute atomic E-state index is 0.306. The van der Waals surface area contributed by atoms with Crippen molar-refractivity contribution in [2.75, 3.05) is 10.7 Å². The number of aryl methyl sites for hydroxylation is 1. The highest BCUT2D eigenvalue weighted by Gasteiger charge is 2.08. The Hall–Kier alpha value is -1.73. The van der Waals surface area contributed by atoms with Crippen LogP contribution in [0.25, 0.3) is 0 Å². The zero-order valence-electron chi connectivity index (χ0n) is 9.54. The lowest BCUT2D eigenvalue weighted by Crippen LogP contribution is -2.10. The third-order valence-corrected chi connectivity index (χ3v) is 2.98. The van der Waals surface area contributed by atoms with Crippen LogP contribution in [-0.4, -0.2) is 9.97 Å². The normalized spacial score (nSPS) is 10.2. The van der Waals surface area contributed by atoms with Crippen LogP contribution in [0.1, 0.15) is 5.56 Å². The molecule has 1 heterocycles. The smallest absolute Gasteiger partial charge is 0.159 e. The first-order valence-corrected chi connectivity index (χ1v) is 5.91. The molecule has 0 fully saturated rings. The second-order valence-corrected chi connectivity index (χ2v) is 4.46. The molecule has 7 heteroatoms. The van der Waals surface area contributed by atoms with E-state index < -0.39 is 0 Å². The molecule has 4 N–H and O–H groups in total. The van der Waals surface area contributed by atoms with Gasteiger partial charge in [-0.25, -0.2) is 20.2 Å². The molecule has 0 spiro atoms. The summed E-state index contributed by atoms with van der Waals surface area (Å²) in [6.45, 7) is 1.82. The van der Waals surface area contributed by atoms with Gasteiger partial charge in [-0.15, -0.1) is 0 Å². The Kier molecular flexibility index (Phi) is 3.73. The fourth-order valence-corrected chi connectivity index (χ4v) is 1.92. The molecule has 0 unspecified atom stereocenters. The van der Waals surface area contributed by atoms with Crippen molar-refractivity contribution in [3.8, 4) is 0 Å². The molecule has 2 rings (SSSR count). The maximum Gasteiger partial charge on any atom is 0.159 e. The molecule has 0 aliphatic carbocycles. The number of nitrogens with two attached hydrogens (primary N) is 1. The number of rotatable bonds is 3. The van der Waals surface area contributed by atoms with E-state index in [1.54, 1.807) is 0 Å². The van der Waals surface area contributed by atoms with Gasteiger partial charge >= 0.3 is 0 Å². The van der Waals surface area contributed by atoms with E-state index in [4.69, 9.17) is 5.84 Å². The average Bonchev–Trinajstić information content (AvgIpc) is 2.30. The predicted molar refractivity (Wildman–Crippen MR) is 72.0 cm³/mol. The molecule has 5 nitrogen and oxygen atoms in total. The third-order valence-electron chi connectivity index (χ3n) is 2.23. The molecule has 2 aromatic rings. The van der Waals surface area contributed by atoms with E-state index in [2.05, 4.69) is 36.6 Å². The number of benzene rings is 1. The number of anilines is 3. The number of nitrogen functional groups attached to an aromatic ring is 1. The Morgan fingerprint density at radius 1 is 1.22 bits per heavy atom. The van der Waals surface area contributed by atoms with Gasteiger partial charge in [0.2, 0.25) is 0 Å². The van der Waals surface area contributed by atoms with E-state index >= 15 is 0 Å². The van der Waals surface area contributed by atoms with Gasteiger partial charge in [0, 0.05) is 5.69 Å². The summed E-state index contributed by atoms with van der Waals surface area (Å²) in [6.07, 6.45) is 1.36. The zero-order valence-corrected chi connectivity index (χ0v) is 11.1. The van der Waals surface area contributed by atoms with Crippen molar-refractivity contribution in [1.29, 1.82) is 0 Å². The van der Waals surface area contributed by atoms with Gasteiger partial charge in [0.05, 0.1) is 0 Å². The van der Waals surface area contributed by atoms with Gasteiger partial charge in [0.15, 0.2) is 5.82 Å². The van der Waals surface area contributed by atoms with E-state index in [1.807, 2.05) is 13.0 Å². The quantitative estimate of drug-likeness (QED) is 0.600. The van der Waals surface area contributed by atoms with Crippen molar-refractivity contribution >= 4 is 33.3 Å². The summed E-state index contributed by atoms with van der Waals surface area (Å²) in [5.41, 5.74) is 3.86. The first-order valence-electron chi connectivity index (χ1n) is 5.11. The number of nitrogens with one attached hydrogen (secondary N) is 2. The van der Waals surface area contributed by atoms with Crippen LogP contribution in [0.15, 0.2) is 29.0 Å². The van der Waals surface area contributed by atoms with E-state index in [0.29, 0.717) is 21.8 Å². The van der Waals surface area contributed by atoms with Crippen LogP contribution in [0, 0.1) is 12.7 Å². The number of hydrazine groups is 1. The maximum atomic E-state index is 13.3. The Morgan fingerprint density at radius 2 is 1.94 bits per heavy atom.